The second-order valence-electron chi connectivity index (χ2n) is 9.52. The lowest BCUT2D eigenvalue weighted by Gasteiger charge is -2.35. The van der Waals surface area contributed by atoms with Crippen molar-refractivity contribution in [1.29, 1.82) is 5.26 Å². The molecule has 0 unspecified atom stereocenters. The fourth-order valence-electron chi connectivity index (χ4n) is 5.46. The normalized spacial score (nSPS) is 19.9. The summed E-state index contributed by atoms with van der Waals surface area (Å²) in [6.07, 6.45) is 2.56. The predicted octanol–water partition coefficient (Wildman–Crippen LogP) is 4.85. The summed E-state index contributed by atoms with van der Waals surface area (Å²) in [6, 6.07) is 13.7. The Kier molecular flexibility index (Phi) is 5.14. The van der Waals surface area contributed by atoms with Gasteiger partial charge in [0.1, 0.15) is 18.5 Å². The number of hydrogen-bond donors (Lipinski definition) is 0. The van der Waals surface area contributed by atoms with Crippen molar-refractivity contribution in [3.8, 4) is 11.8 Å². The Balaban J connectivity index is 1.42. The number of benzene rings is 2. The van der Waals surface area contributed by atoms with Gasteiger partial charge in [-0.15, -0.1) is 0 Å². The average molecular weight is 431 g/mol. The number of carbonyl (C=O) groups excluding carboxylic acids is 1. The number of halogens is 1. The number of ketones is 1. The number of carbonyl (C=O) groups is 1. The van der Waals surface area contributed by atoms with Gasteiger partial charge in [0.15, 0.2) is 5.78 Å². The number of alkyl halides is 1. The van der Waals surface area contributed by atoms with Crippen molar-refractivity contribution < 1.29 is 13.9 Å². The summed E-state index contributed by atoms with van der Waals surface area (Å²) in [7, 11) is 0. The molecule has 0 saturated carbocycles. The molecule has 1 saturated heterocycles. The van der Waals surface area contributed by atoms with E-state index in [1.54, 1.807) is 6.07 Å². The molecular formula is C27H27FN2O2. The van der Waals surface area contributed by atoms with E-state index in [2.05, 4.69) is 24.8 Å². The van der Waals surface area contributed by atoms with Gasteiger partial charge < -0.3 is 9.64 Å². The van der Waals surface area contributed by atoms with Gasteiger partial charge in [-0.05, 0) is 71.9 Å². The molecule has 0 amide bonds. The van der Waals surface area contributed by atoms with Gasteiger partial charge in [-0.25, -0.2) is 4.39 Å². The molecule has 1 aliphatic heterocycles. The van der Waals surface area contributed by atoms with Crippen LogP contribution in [0.1, 0.15) is 59.3 Å². The Morgan fingerprint density at radius 1 is 1.16 bits per heavy atom. The number of rotatable bonds is 4. The molecule has 5 rings (SSSR count). The zero-order chi connectivity index (χ0) is 22.5. The second-order valence-corrected chi connectivity index (χ2v) is 9.52. The van der Waals surface area contributed by atoms with E-state index in [-0.39, 0.29) is 24.0 Å². The molecule has 5 heteroatoms. The van der Waals surface area contributed by atoms with Crippen LogP contribution in [0.5, 0.6) is 5.75 Å². The lowest BCUT2D eigenvalue weighted by molar-refractivity contribution is 0.0966. The molecule has 1 fully saturated rings. The van der Waals surface area contributed by atoms with E-state index in [1.807, 2.05) is 30.3 Å². The fraction of sp³-hybridized carbons (Fsp3) is 0.407. The zero-order valence-corrected chi connectivity index (χ0v) is 18.6. The van der Waals surface area contributed by atoms with Crippen LogP contribution >= 0.6 is 0 Å². The number of nitrogens with zero attached hydrogens (tertiary/aromatic N) is 2. The van der Waals surface area contributed by atoms with E-state index in [0.29, 0.717) is 18.5 Å². The van der Waals surface area contributed by atoms with Crippen molar-refractivity contribution in [1.82, 2.24) is 4.90 Å². The van der Waals surface area contributed by atoms with E-state index in [9.17, 15) is 14.4 Å². The minimum atomic E-state index is -0.311. The highest BCUT2D eigenvalue weighted by Crippen LogP contribution is 2.50. The fourth-order valence-corrected chi connectivity index (χ4v) is 5.46. The molecule has 2 aliphatic carbocycles. The highest BCUT2D eigenvalue weighted by molar-refractivity contribution is 6.33. The van der Waals surface area contributed by atoms with Crippen LogP contribution in [0.3, 0.4) is 0 Å². The number of allylic oxidation sites excluding steroid dienone is 2. The van der Waals surface area contributed by atoms with Crippen LogP contribution in [0.15, 0.2) is 42.0 Å². The van der Waals surface area contributed by atoms with Gasteiger partial charge in [-0.2, -0.15) is 5.26 Å². The Labute approximate surface area is 188 Å². The Hall–Kier alpha value is -2.97. The molecule has 0 radical (unpaired) electrons. The minimum Gasteiger partial charge on any atom is -0.490 e. The largest absolute Gasteiger partial charge is 0.490 e. The molecule has 2 aromatic carbocycles. The Morgan fingerprint density at radius 3 is 2.62 bits per heavy atom. The van der Waals surface area contributed by atoms with Gasteiger partial charge in [0, 0.05) is 36.2 Å². The first-order valence-corrected chi connectivity index (χ1v) is 11.3. The van der Waals surface area contributed by atoms with E-state index < -0.39 is 0 Å². The monoisotopic (exact) mass is 430 g/mol. The summed E-state index contributed by atoms with van der Waals surface area (Å²) >= 11 is 0. The van der Waals surface area contributed by atoms with E-state index in [4.69, 9.17) is 4.74 Å². The standard InChI is InChI=1S/C27H27FN2O2/c1-27(2)23-15-20(32-19-7-10-30(11-8-19)12-9-28)4-6-22(23)26(31)25-21-5-3-17(16-29)13-18(21)14-24(25)27/h3-6,13,15,19H,7-12,14H2,1-2H3. The molecule has 0 spiro atoms. The van der Waals surface area contributed by atoms with E-state index in [0.717, 1.165) is 65.1 Å². The lowest BCUT2D eigenvalue weighted by atomic mass is 9.68. The number of ether oxygens (including phenoxy) is 1. The zero-order valence-electron chi connectivity index (χ0n) is 18.6. The molecule has 4 nitrogen and oxygen atoms in total. The first-order valence-electron chi connectivity index (χ1n) is 11.3. The van der Waals surface area contributed by atoms with Crippen LogP contribution in [0.25, 0.3) is 5.57 Å². The van der Waals surface area contributed by atoms with Crippen LogP contribution in [0.2, 0.25) is 0 Å². The Bertz CT molecular complexity index is 1170. The third-order valence-electron chi connectivity index (χ3n) is 7.30. The number of hydrogen-bond acceptors (Lipinski definition) is 4. The quantitative estimate of drug-likeness (QED) is 0.696. The van der Waals surface area contributed by atoms with Crippen LogP contribution < -0.4 is 4.74 Å². The van der Waals surface area contributed by atoms with Gasteiger partial charge >= 0.3 is 0 Å². The highest BCUT2D eigenvalue weighted by atomic mass is 19.1. The van der Waals surface area contributed by atoms with Gasteiger partial charge in [-0.3, -0.25) is 4.79 Å². The number of Topliss-reactive ketones (excluding diaryl/α,β-unsaturated/α-hetero) is 1. The SMILES string of the molecule is CC1(C)C2=C(C(=O)c3ccc(OC4CCN(CCF)CC4)cc31)c1ccc(C#N)cc1C2. The molecule has 0 aromatic heterocycles. The summed E-state index contributed by atoms with van der Waals surface area (Å²) in [5.41, 5.74) is 5.99. The van der Waals surface area contributed by atoms with E-state index >= 15 is 0 Å². The molecule has 2 aromatic rings. The van der Waals surface area contributed by atoms with Crippen LogP contribution in [-0.2, 0) is 11.8 Å². The van der Waals surface area contributed by atoms with Crippen molar-refractivity contribution in [3.05, 3.63) is 69.8 Å². The molecule has 0 N–H and O–H groups in total. The molecule has 1 heterocycles. The summed E-state index contributed by atoms with van der Waals surface area (Å²) < 4.78 is 18.9. The summed E-state index contributed by atoms with van der Waals surface area (Å²) in [5.74, 6) is 0.851. The maximum Gasteiger partial charge on any atom is 0.193 e. The number of piperidine rings is 1. The maximum absolute atomic E-state index is 13.5. The van der Waals surface area contributed by atoms with Gasteiger partial charge in [-0.1, -0.05) is 19.9 Å². The Morgan fingerprint density at radius 2 is 1.91 bits per heavy atom. The van der Waals surface area contributed by atoms with Crippen molar-refractivity contribution in [2.45, 2.75) is 44.6 Å². The lowest BCUT2D eigenvalue weighted by Crippen LogP contribution is -2.39. The van der Waals surface area contributed by atoms with Crippen molar-refractivity contribution in [2.75, 3.05) is 26.3 Å². The summed E-state index contributed by atoms with van der Waals surface area (Å²) in [4.78, 5) is 15.6. The van der Waals surface area contributed by atoms with Gasteiger partial charge in [0.2, 0.25) is 0 Å². The molecule has 0 bridgehead atoms. The van der Waals surface area contributed by atoms with Crippen molar-refractivity contribution >= 4 is 11.4 Å². The second kappa shape index (κ2) is 7.86. The third kappa shape index (κ3) is 3.34. The number of nitriles is 1. The van der Waals surface area contributed by atoms with Gasteiger partial charge in [0.25, 0.3) is 0 Å². The minimum absolute atomic E-state index is 0.0591. The van der Waals surface area contributed by atoms with Crippen molar-refractivity contribution in [3.63, 3.8) is 0 Å². The maximum atomic E-state index is 13.5. The summed E-state index contributed by atoms with van der Waals surface area (Å²) in [5, 5.41) is 9.27. The summed E-state index contributed by atoms with van der Waals surface area (Å²) in [6.45, 7) is 6.23. The third-order valence-corrected chi connectivity index (χ3v) is 7.30. The molecule has 164 valence electrons. The van der Waals surface area contributed by atoms with E-state index in [1.165, 1.54) is 0 Å². The molecule has 0 atom stereocenters. The predicted molar refractivity (Wildman–Crippen MR) is 122 cm³/mol. The first-order chi connectivity index (χ1) is 15.4. The highest BCUT2D eigenvalue weighted by Gasteiger charge is 2.43. The van der Waals surface area contributed by atoms with Gasteiger partial charge in [0.05, 0.1) is 11.6 Å². The molecule has 3 aliphatic rings. The van der Waals surface area contributed by atoms with Crippen LogP contribution in [0, 0.1) is 11.3 Å². The van der Waals surface area contributed by atoms with Crippen LogP contribution in [0.4, 0.5) is 4.39 Å². The smallest absolute Gasteiger partial charge is 0.193 e. The first kappa shape index (κ1) is 20.9. The van der Waals surface area contributed by atoms with Crippen LogP contribution in [-0.4, -0.2) is 43.1 Å². The average Bonchev–Trinajstić information content (AvgIpc) is 3.19. The number of fused-ring (bicyclic) bond motifs is 3. The molecule has 32 heavy (non-hydrogen) atoms. The number of likely N-dealkylation sites (tertiary alicyclic amines) is 1. The van der Waals surface area contributed by atoms with Crippen molar-refractivity contribution in [2.24, 2.45) is 0 Å². The topological polar surface area (TPSA) is 53.3 Å². The molecular weight excluding hydrogens is 403 g/mol.